The molecule has 1 unspecified atom stereocenters. The van der Waals surface area contributed by atoms with Gasteiger partial charge in [0.1, 0.15) is 0 Å². The molecule has 0 aromatic carbocycles. The molecule has 1 aromatic heterocycles. The molecule has 6 nitrogen and oxygen atoms in total. The molecular formula is C11H21N5O. The highest BCUT2D eigenvalue weighted by Crippen LogP contribution is 2.32. The molecule has 0 bridgehead atoms. The Morgan fingerprint density at radius 1 is 1.47 bits per heavy atom. The minimum Gasteiger partial charge on any atom is -0.392 e. The van der Waals surface area contributed by atoms with Crippen LogP contribution in [0.1, 0.15) is 38.6 Å². The van der Waals surface area contributed by atoms with Crippen LogP contribution in [-0.4, -0.2) is 49.9 Å². The van der Waals surface area contributed by atoms with Gasteiger partial charge in [0.2, 0.25) is 0 Å². The van der Waals surface area contributed by atoms with Crippen molar-refractivity contribution in [3.63, 3.8) is 0 Å². The van der Waals surface area contributed by atoms with Gasteiger partial charge in [-0.2, -0.15) is 0 Å². The number of aliphatic hydroxyl groups is 1. The molecule has 1 fully saturated rings. The van der Waals surface area contributed by atoms with Gasteiger partial charge in [-0.3, -0.25) is 4.90 Å². The summed E-state index contributed by atoms with van der Waals surface area (Å²) >= 11 is 0. The van der Waals surface area contributed by atoms with Crippen molar-refractivity contribution >= 4 is 0 Å². The predicted octanol–water partition coefficient (Wildman–Crippen LogP) is 0.457. The Balaban J connectivity index is 1.88. The average molecular weight is 239 g/mol. The van der Waals surface area contributed by atoms with Crippen LogP contribution in [-0.2, 0) is 6.54 Å². The van der Waals surface area contributed by atoms with Crippen LogP contribution < -0.4 is 0 Å². The van der Waals surface area contributed by atoms with Gasteiger partial charge in [0.25, 0.3) is 0 Å². The largest absolute Gasteiger partial charge is 0.392 e. The second-order valence-corrected chi connectivity index (χ2v) is 5.23. The fraction of sp³-hybridized carbons (Fsp3) is 0.909. The van der Waals surface area contributed by atoms with Gasteiger partial charge in [-0.25, -0.2) is 4.68 Å². The average Bonchev–Trinajstić information content (AvgIpc) is 2.99. The summed E-state index contributed by atoms with van der Waals surface area (Å²) in [5.41, 5.74) is 0. The molecule has 0 spiro atoms. The first kappa shape index (κ1) is 12.4. The van der Waals surface area contributed by atoms with E-state index in [0.29, 0.717) is 19.0 Å². The second-order valence-electron chi connectivity index (χ2n) is 5.23. The second kappa shape index (κ2) is 5.10. The Hall–Kier alpha value is -1.01. The molecule has 1 N–H and O–H groups in total. The van der Waals surface area contributed by atoms with E-state index in [1.54, 1.807) is 0 Å². The van der Waals surface area contributed by atoms with E-state index >= 15 is 0 Å². The van der Waals surface area contributed by atoms with Crippen molar-refractivity contribution in [2.24, 2.45) is 5.92 Å². The van der Waals surface area contributed by atoms with Crippen LogP contribution in [0, 0.1) is 5.92 Å². The van der Waals surface area contributed by atoms with Crippen LogP contribution in [0.5, 0.6) is 0 Å². The summed E-state index contributed by atoms with van der Waals surface area (Å²) in [5.74, 6) is 1.36. The van der Waals surface area contributed by atoms with Crippen molar-refractivity contribution < 1.29 is 5.11 Å². The fourth-order valence-corrected chi connectivity index (χ4v) is 1.97. The molecule has 6 heteroatoms. The van der Waals surface area contributed by atoms with Crippen molar-refractivity contribution in [2.45, 2.75) is 45.4 Å². The lowest BCUT2D eigenvalue weighted by Crippen LogP contribution is -2.31. The molecule has 1 heterocycles. The van der Waals surface area contributed by atoms with Gasteiger partial charge in [0, 0.05) is 6.54 Å². The van der Waals surface area contributed by atoms with Crippen molar-refractivity contribution in [2.75, 3.05) is 13.6 Å². The first-order valence-electron chi connectivity index (χ1n) is 6.21. The van der Waals surface area contributed by atoms with Crippen LogP contribution >= 0.6 is 0 Å². The van der Waals surface area contributed by atoms with Crippen molar-refractivity contribution in [3.8, 4) is 0 Å². The third kappa shape index (κ3) is 3.23. The number of aliphatic hydroxyl groups excluding tert-OH is 1. The van der Waals surface area contributed by atoms with E-state index < -0.39 is 0 Å². The van der Waals surface area contributed by atoms with E-state index in [2.05, 4.69) is 34.3 Å². The molecule has 2 rings (SSSR count). The first-order valence-corrected chi connectivity index (χ1v) is 6.21. The van der Waals surface area contributed by atoms with E-state index in [-0.39, 0.29) is 12.1 Å². The SMILES string of the molecule is CC(C)n1nnnc1CN(C)CC(O)C1CC1. The molecule has 17 heavy (non-hydrogen) atoms. The normalized spacial score (nSPS) is 18.0. The topological polar surface area (TPSA) is 67.1 Å². The Bertz CT molecular complexity index is 360. The van der Waals surface area contributed by atoms with Crippen molar-refractivity contribution in [1.82, 2.24) is 25.1 Å². The Morgan fingerprint density at radius 3 is 2.76 bits per heavy atom. The van der Waals surface area contributed by atoms with Crippen LogP contribution in [0.4, 0.5) is 0 Å². The number of hydrogen-bond donors (Lipinski definition) is 1. The summed E-state index contributed by atoms with van der Waals surface area (Å²) in [5, 5.41) is 21.5. The highest BCUT2D eigenvalue weighted by molar-refractivity contribution is 4.86. The summed E-state index contributed by atoms with van der Waals surface area (Å²) in [6.07, 6.45) is 2.13. The zero-order valence-corrected chi connectivity index (χ0v) is 10.7. The van der Waals surface area contributed by atoms with Gasteiger partial charge in [-0.1, -0.05) is 0 Å². The van der Waals surface area contributed by atoms with Gasteiger partial charge in [-0.15, -0.1) is 5.10 Å². The summed E-state index contributed by atoms with van der Waals surface area (Å²) < 4.78 is 1.82. The molecule has 1 aliphatic carbocycles. The number of aromatic nitrogens is 4. The number of rotatable bonds is 6. The quantitative estimate of drug-likeness (QED) is 0.781. The molecule has 0 saturated heterocycles. The summed E-state index contributed by atoms with van der Waals surface area (Å²) in [7, 11) is 1.99. The molecule has 0 amide bonds. The third-order valence-electron chi connectivity index (χ3n) is 3.13. The lowest BCUT2D eigenvalue weighted by atomic mass is 10.2. The maximum Gasteiger partial charge on any atom is 0.165 e. The van der Waals surface area contributed by atoms with Crippen LogP contribution in [0.3, 0.4) is 0 Å². The number of tetrazole rings is 1. The lowest BCUT2D eigenvalue weighted by Gasteiger charge is -2.20. The number of likely N-dealkylation sites (N-methyl/N-ethyl adjacent to an activating group) is 1. The fourth-order valence-electron chi connectivity index (χ4n) is 1.97. The summed E-state index contributed by atoms with van der Waals surface area (Å²) in [6.45, 7) is 5.47. The smallest absolute Gasteiger partial charge is 0.165 e. The standard InChI is InChI=1S/C11H21N5O/c1-8(2)16-11(12-13-14-16)7-15(3)6-10(17)9-4-5-9/h8-10,17H,4-7H2,1-3H3. The molecule has 1 aliphatic rings. The van der Waals surface area contributed by atoms with Crippen molar-refractivity contribution in [3.05, 3.63) is 5.82 Å². The molecule has 1 atom stereocenters. The van der Waals surface area contributed by atoms with Crippen LogP contribution in [0.2, 0.25) is 0 Å². The summed E-state index contributed by atoms with van der Waals surface area (Å²) in [4.78, 5) is 2.08. The minimum atomic E-state index is -0.205. The lowest BCUT2D eigenvalue weighted by molar-refractivity contribution is 0.102. The van der Waals surface area contributed by atoms with Gasteiger partial charge >= 0.3 is 0 Å². The zero-order chi connectivity index (χ0) is 12.4. The van der Waals surface area contributed by atoms with E-state index in [0.717, 1.165) is 5.82 Å². The predicted molar refractivity (Wildman–Crippen MR) is 63.3 cm³/mol. The van der Waals surface area contributed by atoms with Gasteiger partial charge in [-0.05, 0) is 50.1 Å². The minimum absolute atomic E-state index is 0.205. The summed E-state index contributed by atoms with van der Waals surface area (Å²) in [6, 6.07) is 0.266. The van der Waals surface area contributed by atoms with Crippen LogP contribution in [0.25, 0.3) is 0 Å². The molecule has 0 aliphatic heterocycles. The van der Waals surface area contributed by atoms with Gasteiger partial charge in [0.15, 0.2) is 5.82 Å². The highest BCUT2D eigenvalue weighted by Gasteiger charge is 2.30. The molecule has 0 radical (unpaired) electrons. The monoisotopic (exact) mass is 239 g/mol. The van der Waals surface area contributed by atoms with Gasteiger partial charge in [0.05, 0.1) is 18.7 Å². The molecule has 1 aromatic rings. The maximum absolute atomic E-state index is 9.87. The van der Waals surface area contributed by atoms with E-state index in [9.17, 15) is 5.11 Å². The van der Waals surface area contributed by atoms with Crippen molar-refractivity contribution in [1.29, 1.82) is 0 Å². The molecule has 1 saturated carbocycles. The number of nitrogens with zero attached hydrogens (tertiary/aromatic N) is 5. The Morgan fingerprint density at radius 2 is 2.18 bits per heavy atom. The van der Waals surface area contributed by atoms with E-state index in [1.807, 2.05) is 11.7 Å². The molecule has 96 valence electrons. The van der Waals surface area contributed by atoms with Crippen LogP contribution in [0.15, 0.2) is 0 Å². The van der Waals surface area contributed by atoms with E-state index in [1.165, 1.54) is 12.8 Å². The number of hydrogen-bond acceptors (Lipinski definition) is 5. The Labute approximate surface area is 102 Å². The highest BCUT2D eigenvalue weighted by atomic mass is 16.3. The van der Waals surface area contributed by atoms with E-state index in [4.69, 9.17) is 0 Å². The maximum atomic E-state index is 9.87. The molecular weight excluding hydrogens is 218 g/mol. The zero-order valence-electron chi connectivity index (χ0n) is 10.7. The third-order valence-corrected chi connectivity index (χ3v) is 3.13. The first-order chi connectivity index (χ1) is 8.08. The van der Waals surface area contributed by atoms with Gasteiger partial charge < -0.3 is 5.11 Å². The Kier molecular flexibility index (Phi) is 3.73.